The molecule has 24 heavy (non-hydrogen) atoms. The maximum Gasteiger partial charge on any atom is 0.315 e. The van der Waals surface area contributed by atoms with Crippen molar-refractivity contribution in [3.8, 4) is 6.07 Å². The summed E-state index contributed by atoms with van der Waals surface area (Å²) in [7, 11) is 0. The smallest absolute Gasteiger partial charge is 0.315 e. The Balaban J connectivity index is 1.92. The summed E-state index contributed by atoms with van der Waals surface area (Å²) in [5, 5.41) is 9.35. The molecule has 0 spiro atoms. The minimum atomic E-state index is -1.13. The van der Waals surface area contributed by atoms with Crippen LogP contribution in [0, 0.1) is 16.7 Å². The molecule has 0 N–H and O–H groups in total. The predicted octanol–water partition coefficient (Wildman–Crippen LogP) is 2.55. The van der Waals surface area contributed by atoms with E-state index in [4.69, 9.17) is 33.2 Å². The van der Waals surface area contributed by atoms with Crippen LogP contribution in [-0.4, -0.2) is 19.9 Å². The fourth-order valence-corrected chi connectivity index (χ4v) is 3.16. The molecule has 2 aromatic rings. The highest BCUT2D eigenvalue weighted by Crippen LogP contribution is 2.64. The SMILES string of the molecule is C[C@]1(C(=O)OCc2nc3ccccc3c(=O)n2CC#N)CC1(Cl)Cl. The van der Waals surface area contributed by atoms with Crippen molar-refractivity contribution in [1.29, 1.82) is 5.26 Å². The minimum absolute atomic E-state index is 0.185. The number of alkyl halides is 2. The zero-order chi connectivity index (χ0) is 17.5. The maximum absolute atomic E-state index is 12.5. The molecule has 1 fully saturated rings. The Morgan fingerprint density at radius 2 is 2.12 bits per heavy atom. The lowest BCUT2D eigenvalue weighted by Crippen LogP contribution is -2.27. The summed E-state index contributed by atoms with van der Waals surface area (Å²) >= 11 is 11.9. The Bertz CT molecular complexity index is 932. The van der Waals surface area contributed by atoms with E-state index in [9.17, 15) is 9.59 Å². The summed E-state index contributed by atoms with van der Waals surface area (Å²) in [4.78, 5) is 29.0. The second-order valence-corrected chi connectivity index (χ2v) is 7.37. The van der Waals surface area contributed by atoms with Crippen LogP contribution in [0.25, 0.3) is 10.9 Å². The van der Waals surface area contributed by atoms with Crippen molar-refractivity contribution in [3.63, 3.8) is 0 Å². The van der Waals surface area contributed by atoms with Crippen LogP contribution < -0.4 is 5.56 Å². The number of aromatic nitrogens is 2. The molecule has 1 aliphatic carbocycles. The Kier molecular flexibility index (Phi) is 4.02. The monoisotopic (exact) mass is 365 g/mol. The van der Waals surface area contributed by atoms with Crippen molar-refractivity contribution in [1.82, 2.24) is 9.55 Å². The fraction of sp³-hybridized carbons (Fsp3) is 0.375. The lowest BCUT2D eigenvalue weighted by molar-refractivity contribution is -0.151. The van der Waals surface area contributed by atoms with Gasteiger partial charge in [-0.1, -0.05) is 12.1 Å². The van der Waals surface area contributed by atoms with Gasteiger partial charge < -0.3 is 4.74 Å². The van der Waals surface area contributed by atoms with E-state index in [2.05, 4.69) is 4.98 Å². The van der Waals surface area contributed by atoms with E-state index in [-0.39, 0.29) is 24.5 Å². The first-order valence-corrected chi connectivity index (χ1v) is 7.96. The zero-order valence-electron chi connectivity index (χ0n) is 12.8. The Morgan fingerprint density at radius 1 is 1.46 bits per heavy atom. The highest BCUT2D eigenvalue weighted by molar-refractivity contribution is 6.53. The molecular weight excluding hydrogens is 353 g/mol. The third kappa shape index (κ3) is 2.64. The third-order valence-electron chi connectivity index (χ3n) is 4.21. The number of para-hydroxylation sites is 1. The van der Waals surface area contributed by atoms with Crippen molar-refractivity contribution in [2.45, 2.75) is 30.8 Å². The van der Waals surface area contributed by atoms with Gasteiger partial charge in [-0.25, -0.2) is 4.98 Å². The molecule has 0 unspecified atom stereocenters. The lowest BCUT2D eigenvalue weighted by Gasteiger charge is -2.14. The van der Waals surface area contributed by atoms with Crippen LogP contribution in [0.4, 0.5) is 0 Å². The average Bonchev–Trinajstić information content (AvgIpc) is 3.08. The molecular formula is C16H13Cl2N3O3. The quantitative estimate of drug-likeness (QED) is 0.613. The van der Waals surface area contributed by atoms with Crippen molar-refractivity contribution in [3.05, 3.63) is 40.4 Å². The summed E-state index contributed by atoms with van der Waals surface area (Å²) < 4.78 is 5.30. The molecule has 6 nitrogen and oxygen atoms in total. The highest BCUT2D eigenvalue weighted by Gasteiger charge is 2.69. The number of carbonyl (C=O) groups is 1. The Hall–Kier alpha value is -2.10. The molecule has 1 heterocycles. The van der Waals surface area contributed by atoms with Crippen molar-refractivity contribution in [2.75, 3.05) is 0 Å². The molecule has 1 saturated carbocycles. The van der Waals surface area contributed by atoms with E-state index in [0.717, 1.165) is 0 Å². The van der Waals surface area contributed by atoms with Crippen LogP contribution >= 0.6 is 23.2 Å². The van der Waals surface area contributed by atoms with Gasteiger partial charge in [0, 0.05) is 6.42 Å². The van der Waals surface area contributed by atoms with Crippen molar-refractivity contribution in [2.24, 2.45) is 5.41 Å². The molecule has 0 saturated heterocycles. The van der Waals surface area contributed by atoms with E-state index in [1.807, 2.05) is 6.07 Å². The maximum atomic E-state index is 12.5. The zero-order valence-corrected chi connectivity index (χ0v) is 14.3. The summed E-state index contributed by atoms with van der Waals surface area (Å²) in [5.41, 5.74) is -0.841. The molecule has 1 aromatic heterocycles. The van der Waals surface area contributed by atoms with Gasteiger partial charge in [0.15, 0.2) is 5.82 Å². The number of fused-ring (bicyclic) bond motifs is 1. The Labute approximate surface area is 147 Å². The second kappa shape index (κ2) is 5.76. The number of halogens is 2. The summed E-state index contributed by atoms with van der Waals surface area (Å²) in [6.45, 7) is 1.20. The third-order valence-corrected chi connectivity index (χ3v) is 5.31. The van der Waals surface area contributed by atoms with Gasteiger partial charge in [0.05, 0.1) is 17.0 Å². The normalized spacial score (nSPS) is 21.2. The number of rotatable bonds is 4. The van der Waals surface area contributed by atoms with Crippen LogP contribution in [0.1, 0.15) is 19.2 Å². The molecule has 0 bridgehead atoms. The van der Waals surface area contributed by atoms with Crippen LogP contribution in [0.5, 0.6) is 0 Å². The number of carbonyl (C=O) groups excluding carboxylic acids is 1. The van der Waals surface area contributed by atoms with Gasteiger partial charge in [0.2, 0.25) is 0 Å². The van der Waals surface area contributed by atoms with Gasteiger partial charge in [-0.2, -0.15) is 5.26 Å². The number of ether oxygens (including phenoxy) is 1. The van der Waals surface area contributed by atoms with Gasteiger partial charge in [-0.15, -0.1) is 23.2 Å². The molecule has 8 heteroatoms. The molecule has 0 aliphatic heterocycles. The van der Waals surface area contributed by atoms with Crippen LogP contribution in [0.15, 0.2) is 29.1 Å². The number of benzene rings is 1. The topological polar surface area (TPSA) is 85.0 Å². The number of nitriles is 1. The molecule has 0 amide bonds. The first-order chi connectivity index (χ1) is 11.3. The number of hydrogen-bond donors (Lipinski definition) is 0. The molecule has 1 aliphatic rings. The molecule has 1 atom stereocenters. The van der Waals surface area contributed by atoms with E-state index in [1.165, 1.54) is 4.57 Å². The first-order valence-electron chi connectivity index (χ1n) is 7.20. The van der Waals surface area contributed by atoms with Gasteiger partial charge in [0.25, 0.3) is 5.56 Å². The van der Waals surface area contributed by atoms with E-state index in [0.29, 0.717) is 17.3 Å². The van der Waals surface area contributed by atoms with Gasteiger partial charge in [0.1, 0.15) is 22.9 Å². The standard InChI is InChI=1S/C16H13Cl2N3O3/c1-15(9-16(15,17)18)14(23)24-8-12-20-11-5-3-2-4-10(11)13(22)21(12)7-6-19/h2-5H,7-9H2,1H3/t15-/m1/s1. The van der Waals surface area contributed by atoms with E-state index < -0.39 is 15.7 Å². The number of hydrogen-bond acceptors (Lipinski definition) is 5. The van der Waals surface area contributed by atoms with Gasteiger partial charge in [-0.05, 0) is 19.1 Å². The molecule has 3 rings (SSSR count). The molecule has 0 radical (unpaired) electrons. The average molecular weight is 366 g/mol. The van der Waals surface area contributed by atoms with Crippen LogP contribution in [-0.2, 0) is 22.7 Å². The Morgan fingerprint density at radius 3 is 2.75 bits per heavy atom. The van der Waals surface area contributed by atoms with Crippen LogP contribution in [0.3, 0.4) is 0 Å². The first kappa shape index (κ1) is 16.7. The van der Waals surface area contributed by atoms with E-state index in [1.54, 1.807) is 31.2 Å². The number of nitrogens with zero attached hydrogens (tertiary/aromatic N) is 3. The van der Waals surface area contributed by atoms with Gasteiger partial charge in [-0.3, -0.25) is 14.2 Å². The molecule has 124 valence electrons. The lowest BCUT2D eigenvalue weighted by atomic mass is 10.1. The summed E-state index contributed by atoms with van der Waals surface area (Å²) in [5.74, 6) is -0.356. The van der Waals surface area contributed by atoms with Crippen LogP contribution in [0.2, 0.25) is 0 Å². The van der Waals surface area contributed by atoms with Crippen molar-refractivity contribution < 1.29 is 9.53 Å². The van der Waals surface area contributed by atoms with Gasteiger partial charge >= 0.3 is 5.97 Å². The van der Waals surface area contributed by atoms with E-state index >= 15 is 0 Å². The summed E-state index contributed by atoms with van der Waals surface area (Å²) in [6.07, 6.45) is 0.304. The molecule has 1 aromatic carbocycles. The second-order valence-electron chi connectivity index (χ2n) is 5.88. The largest absolute Gasteiger partial charge is 0.457 e. The highest BCUT2D eigenvalue weighted by atomic mass is 35.5. The minimum Gasteiger partial charge on any atom is -0.457 e. The summed E-state index contributed by atoms with van der Waals surface area (Å²) in [6, 6.07) is 8.70. The van der Waals surface area contributed by atoms with Crippen molar-refractivity contribution >= 4 is 40.1 Å². The number of esters is 1. The fourth-order valence-electron chi connectivity index (χ4n) is 2.47. The predicted molar refractivity (Wildman–Crippen MR) is 88.6 cm³/mol.